The second kappa shape index (κ2) is 4.94. The van der Waals surface area contributed by atoms with Crippen molar-refractivity contribution in [2.75, 3.05) is 0 Å². The third-order valence-electron chi connectivity index (χ3n) is 1.80. The largest absolute Gasteiger partial charge is 0.484 e. The highest BCUT2D eigenvalue weighted by molar-refractivity contribution is 6.16. The summed E-state index contributed by atoms with van der Waals surface area (Å²) in [6.07, 6.45) is 0. The SMILES string of the molecule is Fc1ccc(OCc2nnc(CCl)o2)cc1. The third-order valence-corrected chi connectivity index (χ3v) is 2.03. The van der Waals surface area contributed by atoms with E-state index in [4.69, 9.17) is 20.8 Å². The molecule has 2 aromatic rings. The number of hydrogen-bond donors (Lipinski definition) is 0. The Bertz CT molecular complexity index is 458. The Hall–Kier alpha value is -1.62. The lowest BCUT2D eigenvalue weighted by Gasteiger charge is -2.01. The normalized spacial score (nSPS) is 10.4. The molecule has 0 aliphatic heterocycles. The first-order valence-electron chi connectivity index (χ1n) is 4.53. The van der Waals surface area contributed by atoms with Gasteiger partial charge < -0.3 is 9.15 Å². The molecule has 0 aliphatic rings. The van der Waals surface area contributed by atoms with Crippen molar-refractivity contribution in [1.82, 2.24) is 10.2 Å². The molecule has 0 N–H and O–H groups in total. The van der Waals surface area contributed by atoms with Crippen LogP contribution in [-0.4, -0.2) is 10.2 Å². The molecule has 84 valence electrons. The van der Waals surface area contributed by atoms with Crippen molar-refractivity contribution in [3.05, 3.63) is 41.9 Å². The maximum absolute atomic E-state index is 12.6. The average Bonchev–Trinajstić information content (AvgIpc) is 2.76. The van der Waals surface area contributed by atoms with Crippen LogP contribution in [0.15, 0.2) is 28.7 Å². The van der Waals surface area contributed by atoms with Gasteiger partial charge in [-0.15, -0.1) is 21.8 Å². The number of rotatable bonds is 4. The van der Waals surface area contributed by atoms with Crippen LogP contribution < -0.4 is 4.74 Å². The van der Waals surface area contributed by atoms with E-state index < -0.39 is 0 Å². The Morgan fingerprint density at radius 1 is 1.19 bits per heavy atom. The van der Waals surface area contributed by atoms with Crippen LogP contribution in [0.1, 0.15) is 11.8 Å². The zero-order chi connectivity index (χ0) is 11.4. The molecule has 0 fully saturated rings. The number of ether oxygens (including phenoxy) is 1. The van der Waals surface area contributed by atoms with Gasteiger partial charge in [0.15, 0.2) is 6.61 Å². The van der Waals surface area contributed by atoms with Crippen LogP contribution >= 0.6 is 11.6 Å². The van der Waals surface area contributed by atoms with Gasteiger partial charge in [-0.25, -0.2) is 4.39 Å². The lowest BCUT2D eigenvalue weighted by atomic mass is 10.3. The molecule has 0 atom stereocenters. The first-order chi connectivity index (χ1) is 7.78. The molecule has 0 aliphatic carbocycles. The summed E-state index contributed by atoms with van der Waals surface area (Å²) in [7, 11) is 0. The molecule has 0 saturated carbocycles. The molecular weight excluding hydrogens is 235 g/mol. The Morgan fingerprint density at radius 2 is 1.88 bits per heavy atom. The number of nitrogens with zero attached hydrogens (tertiary/aromatic N) is 2. The van der Waals surface area contributed by atoms with E-state index in [1.54, 1.807) is 0 Å². The van der Waals surface area contributed by atoms with Gasteiger partial charge in [-0.3, -0.25) is 0 Å². The molecule has 0 saturated heterocycles. The molecule has 6 heteroatoms. The quantitative estimate of drug-likeness (QED) is 0.773. The van der Waals surface area contributed by atoms with Gasteiger partial charge in [0.2, 0.25) is 5.89 Å². The molecule has 0 radical (unpaired) electrons. The molecule has 2 rings (SSSR count). The first kappa shape index (κ1) is 10.9. The molecule has 0 amide bonds. The van der Waals surface area contributed by atoms with E-state index in [9.17, 15) is 4.39 Å². The number of aromatic nitrogens is 2. The van der Waals surface area contributed by atoms with Gasteiger partial charge in [0.1, 0.15) is 17.4 Å². The van der Waals surface area contributed by atoms with Crippen LogP contribution in [0.3, 0.4) is 0 Å². The van der Waals surface area contributed by atoms with Crippen molar-refractivity contribution in [2.45, 2.75) is 12.5 Å². The van der Waals surface area contributed by atoms with Crippen LogP contribution in [0.25, 0.3) is 0 Å². The van der Waals surface area contributed by atoms with Gasteiger partial charge in [-0.2, -0.15) is 0 Å². The van der Waals surface area contributed by atoms with Crippen LogP contribution in [0.4, 0.5) is 4.39 Å². The summed E-state index contributed by atoms with van der Waals surface area (Å²) in [5.41, 5.74) is 0. The van der Waals surface area contributed by atoms with Crippen molar-refractivity contribution in [1.29, 1.82) is 0 Å². The Labute approximate surface area is 96.0 Å². The second-order valence-corrected chi connectivity index (χ2v) is 3.23. The molecule has 1 heterocycles. The van der Waals surface area contributed by atoms with Crippen LogP contribution in [0.5, 0.6) is 5.75 Å². The minimum atomic E-state index is -0.311. The van der Waals surface area contributed by atoms with Gasteiger partial charge in [-0.1, -0.05) is 0 Å². The smallest absolute Gasteiger partial charge is 0.253 e. The minimum Gasteiger partial charge on any atom is -0.484 e. The van der Waals surface area contributed by atoms with Gasteiger partial charge >= 0.3 is 0 Å². The van der Waals surface area contributed by atoms with E-state index in [0.717, 1.165) is 0 Å². The Morgan fingerprint density at radius 3 is 2.50 bits per heavy atom. The summed E-state index contributed by atoms with van der Waals surface area (Å²) in [6.45, 7) is 0.134. The maximum atomic E-state index is 12.6. The van der Waals surface area contributed by atoms with E-state index in [-0.39, 0.29) is 18.3 Å². The molecule has 0 unspecified atom stereocenters. The Kier molecular flexibility index (Phi) is 3.36. The summed E-state index contributed by atoms with van der Waals surface area (Å²) >= 11 is 5.50. The molecule has 0 bridgehead atoms. The summed E-state index contributed by atoms with van der Waals surface area (Å²) < 4.78 is 23.0. The summed E-state index contributed by atoms with van der Waals surface area (Å²) in [5.74, 6) is 1.07. The zero-order valence-corrected chi connectivity index (χ0v) is 8.95. The van der Waals surface area contributed by atoms with Gasteiger partial charge in [0.25, 0.3) is 5.89 Å². The monoisotopic (exact) mass is 242 g/mol. The van der Waals surface area contributed by atoms with Gasteiger partial charge in [-0.05, 0) is 24.3 Å². The fourth-order valence-electron chi connectivity index (χ4n) is 1.08. The number of hydrogen-bond acceptors (Lipinski definition) is 4. The Balaban J connectivity index is 1.94. The van der Waals surface area contributed by atoms with E-state index in [0.29, 0.717) is 17.5 Å². The topological polar surface area (TPSA) is 48.2 Å². The summed E-state index contributed by atoms with van der Waals surface area (Å²) in [5, 5.41) is 7.39. The number of alkyl halides is 1. The highest BCUT2D eigenvalue weighted by Crippen LogP contribution is 2.13. The van der Waals surface area contributed by atoms with Gasteiger partial charge in [0.05, 0.1) is 0 Å². The van der Waals surface area contributed by atoms with Crippen molar-refractivity contribution >= 4 is 11.6 Å². The van der Waals surface area contributed by atoms with E-state index in [1.165, 1.54) is 24.3 Å². The fourth-order valence-corrected chi connectivity index (χ4v) is 1.18. The standard InChI is InChI=1S/C10H8ClFN2O2/c11-5-9-13-14-10(16-9)6-15-8-3-1-7(12)2-4-8/h1-4H,5-6H2. The predicted octanol–water partition coefficient (Wildman–Crippen LogP) is 2.53. The van der Waals surface area contributed by atoms with E-state index in [2.05, 4.69) is 10.2 Å². The minimum absolute atomic E-state index is 0.134. The molecule has 1 aromatic carbocycles. The molecular formula is C10H8ClFN2O2. The second-order valence-electron chi connectivity index (χ2n) is 2.97. The van der Waals surface area contributed by atoms with Crippen molar-refractivity contribution in [2.24, 2.45) is 0 Å². The third kappa shape index (κ3) is 2.70. The molecule has 16 heavy (non-hydrogen) atoms. The van der Waals surface area contributed by atoms with Crippen LogP contribution in [0.2, 0.25) is 0 Å². The van der Waals surface area contributed by atoms with Crippen molar-refractivity contribution in [3.8, 4) is 5.75 Å². The predicted molar refractivity (Wildman–Crippen MR) is 54.6 cm³/mol. The van der Waals surface area contributed by atoms with Crippen LogP contribution in [-0.2, 0) is 12.5 Å². The van der Waals surface area contributed by atoms with E-state index >= 15 is 0 Å². The van der Waals surface area contributed by atoms with Crippen molar-refractivity contribution < 1.29 is 13.5 Å². The zero-order valence-electron chi connectivity index (χ0n) is 8.19. The highest BCUT2D eigenvalue weighted by atomic mass is 35.5. The lowest BCUT2D eigenvalue weighted by Crippen LogP contribution is -1.95. The number of halogens is 2. The molecule has 0 spiro atoms. The first-order valence-corrected chi connectivity index (χ1v) is 5.07. The van der Waals surface area contributed by atoms with E-state index in [1.807, 2.05) is 0 Å². The number of benzene rings is 1. The average molecular weight is 243 g/mol. The van der Waals surface area contributed by atoms with Gasteiger partial charge in [0, 0.05) is 0 Å². The highest BCUT2D eigenvalue weighted by Gasteiger charge is 2.05. The maximum Gasteiger partial charge on any atom is 0.253 e. The summed E-state index contributed by atoms with van der Waals surface area (Å²) in [4.78, 5) is 0. The summed E-state index contributed by atoms with van der Waals surface area (Å²) in [6, 6.07) is 5.67. The lowest BCUT2D eigenvalue weighted by molar-refractivity contribution is 0.260. The van der Waals surface area contributed by atoms with Crippen LogP contribution in [0, 0.1) is 5.82 Å². The molecule has 1 aromatic heterocycles. The van der Waals surface area contributed by atoms with Crippen molar-refractivity contribution in [3.63, 3.8) is 0 Å². The molecule has 4 nitrogen and oxygen atoms in total. The fraction of sp³-hybridized carbons (Fsp3) is 0.200.